The summed E-state index contributed by atoms with van der Waals surface area (Å²) in [5, 5.41) is 0. The van der Waals surface area contributed by atoms with Crippen LogP contribution in [0.15, 0.2) is 0 Å². The van der Waals surface area contributed by atoms with Gasteiger partial charge in [-0.25, -0.2) is 0 Å². The summed E-state index contributed by atoms with van der Waals surface area (Å²) in [6, 6.07) is 0. The van der Waals surface area contributed by atoms with Crippen LogP contribution >= 0.6 is 11.6 Å². The van der Waals surface area contributed by atoms with E-state index in [-0.39, 0.29) is 11.9 Å². The average Bonchev–Trinajstić information content (AvgIpc) is 2.51. The SMILES string of the molecule is CCCCCCCCCCCCCCCC(=O)OC(Cl)C(C)C. The molecule has 0 aromatic heterocycles. The lowest BCUT2D eigenvalue weighted by atomic mass is 10.0. The Kier molecular flexibility index (Phi) is 16.4. The van der Waals surface area contributed by atoms with Crippen molar-refractivity contribution in [3.05, 3.63) is 0 Å². The van der Waals surface area contributed by atoms with E-state index in [1.807, 2.05) is 13.8 Å². The number of hydrogen-bond donors (Lipinski definition) is 0. The lowest BCUT2D eigenvalue weighted by molar-refractivity contribution is -0.147. The molecular formula is C20H39ClO2. The molecule has 23 heavy (non-hydrogen) atoms. The van der Waals surface area contributed by atoms with Gasteiger partial charge < -0.3 is 4.74 Å². The lowest BCUT2D eigenvalue weighted by Crippen LogP contribution is -2.17. The van der Waals surface area contributed by atoms with E-state index in [0.29, 0.717) is 6.42 Å². The van der Waals surface area contributed by atoms with E-state index in [9.17, 15) is 4.79 Å². The quantitative estimate of drug-likeness (QED) is 0.167. The number of rotatable bonds is 16. The molecule has 0 rings (SSSR count). The molecule has 0 aromatic rings. The smallest absolute Gasteiger partial charge is 0.307 e. The lowest BCUT2D eigenvalue weighted by Gasteiger charge is -2.14. The minimum Gasteiger partial charge on any atom is -0.446 e. The molecule has 1 unspecified atom stereocenters. The standard InChI is InChI=1S/C20H39ClO2/c1-4-5-6-7-8-9-10-11-12-13-14-15-16-17-19(22)23-20(21)18(2)3/h18,20H,4-17H2,1-3H3. The van der Waals surface area contributed by atoms with E-state index >= 15 is 0 Å². The van der Waals surface area contributed by atoms with E-state index in [0.717, 1.165) is 12.8 Å². The summed E-state index contributed by atoms with van der Waals surface area (Å²) in [4.78, 5) is 11.6. The summed E-state index contributed by atoms with van der Waals surface area (Å²) in [6.07, 6.45) is 17.6. The van der Waals surface area contributed by atoms with Crippen LogP contribution in [0.4, 0.5) is 0 Å². The van der Waals surface area contributed by atoms with Crippen LogP contribution in [-0.2, 0) is 9.53 Å². The minimum absolute atomic E-state index is 0.151. The summed E-state index contributed by atoms with van der Waals surface area (Å²) in [6.45, 7) is 6.18. The Morgan fingerprint density at radius 3 is 1.57 bits per heavy atom. The summed E-state index contributed by atoms with van der Waals surface area (Å²) >= 11 is 5.93. The van der Waals surface area contributed by atoms with Crippen molar-refractivity contribution in [3.63, 3.8) is 0 Å². The Balaban J connectivity index is 3.20. The number of halogens is 1. The third-order valence-corrected chi connectivity index (χ3v) is 4.85. The van der Waals surface area contributed by atoms with Crippen LogP contribution in [0.5, 0.6) is 0 Å². The Morgan fingerprint density at radius 1 is 0.783 bits per heavy atom. The zero-order chi connectivity index (χ0) is 17.3. The van der Waals surface area contributed by atoms with Gasteiger partial charge in [-0.2, -0.15) is 0 Å². The molecule has 0 saturated carbocycles. The topological polar surface area (TPSA) is 26.3 Å². The van der Waals surface area contributed by atoms with E-state index in [2.05, 4.69) is 6.92 Å². The van der Waals surface area contributed by atoms with Gasteiger partial charge in [0.1, 0.15) is 0 Å². The van der Waals surface area contributed by atoms with Gasteiger partial charge >= 0.3 is 5.97 Å². The predicted molar refractivity (Wildman–Crippen MR) is 101 cm³/mol. The molecule has 2 nitrogen and oxygen atoms in total. The molecule has 138 valence electrons. The first-order valence-electron chi connectivity index (χ1n) is 9.91. The highest BCUT2D eigenvalue weighted by atomic mass is 35.5. The fourth-order valence-electron chi connectivity index (χ4n) is 2.61. The first-order valence-corrected chi connectivity index (χ1v) is 10.3. The van der Waals surface area contributed by atoms with Crippen LogP contribution in [0.25, 0.3) is 0 Å². The van der Waals surface area contributed by atoms with E-state index in [1.165, 1.54) is 70.6 Å². The van der Waals surface area contributed by atoms with Crippen LogP contribution in [0.1, 0.15) is 111 Å². The third-order valence-electron chi connectivity index (χ3n) is 4.25. The Hall–Kier alpha value is -0.240. The second kappa shape index (κ2) is 16.6. The maximum absolute atomic E-state index is 11.6. The van der Waals surface area contributed by atoms with Crippen molar-refractivity contribution in [1.82, 2.24) is 0 Å². The Bertz CT molecular complexity index is 266. The van der Waals surface area contributed by atoms with Crippen LogP contribution < -0.4 is 0 Å². The summed E-state index contributed by atoms with van der Waals surface area (Å²) < 4.78 is 5.15. The summed E-state index contributed by atoms with van der Waals surface area (Å²) in [5.41, 5.74) is -0.482. The van der Waals surface area contributed by atoms with Crippen LogP contribution in [0, 0.1) is 5.92 Å². The van der Waals surface area contributed by atoms with Gasteiger partial charge in [-0.05, 0) is 6.42 Å². The number of alkyl halides is 1. The summed E-state index contributed by atoms with van der Waals surface area (Å²) in [5.74, 6) is 0.0223. The molecule has 0 fully saturated rings. The molecular weight excluding hydrogens is 308 g/mol. The third kappa shape index (κ3) is 16.4. The molecule has 0 N–H and O–H groups in total. The van der Waals surface area contributed by atoms with Gasteiger partial charge in [0.25, 0.3) is 0 Å². The normalized spacial score (nSPS) is 12.6. The molecule has 0 spiro atoms. The van der Waals surface area contributed by atoms with E-state index in [4.69, 9.17) is 16.3 Å². The predicted octanol–water partition coefficient (Wildman–Crippen LogP) is 7.23. The van der Waals surface area contributed by atoms with Gasteiger partial charge in [0.2, 0.25) is 0 Å². The fourth-order valence-corrected chi connectivity index (χ4v) is 2.71. The fraction of sp³-hybridized carbons (Fsp3) is 0.950. The van der Waals surface area contributed by atoms with Crippen molar-refractivity contribution in [1.29, 1.82) is 0 Å². The highest BCUT2D eigenvalue weighted by Crippen LogP contribution is 2.15. The average molecular weight is 347 g/mol. The number of carbonyl (C=O) groups is 1. The molecule has 0 amide bonds. The zero-order valence-corrected chi connectivity index (χ0v) is 16.5. The largest absolute Gasteiger partial charge is 0.446 e. The van der Waals surface area contributed by atoms with E-state index in [1.54, 1.807) is 0 Å². The van der Waals surface area contributed by atoms with Crippen LogP contribution in [0.2, 0.25) is 0 Å². The van der Waals surface area contributed by atoms with Crippen molar-refractivity contribution in [2.24, 2.45) is 5.92 Å². The molecule has 0 aliphatic rings. The molecule has 0 aliphatic carbocycles. The van der Waals surface area contributed by atoms with Crippen molar-refractivity contribution in [3.8, 4) is 0 Å². The molecule has 0 radical (unpaired) electrons. The van der Waals surface area contributed by atoms with Crippen LogP contribution in [0.3, 0.4) is 0 Å². The van der Waals surface area contributed by atoms with Gasteiger partial charge in [0.05, 0.1) is 0 Å². The van der Waals surface area contributed by atoms with Gasteiger partial charge in [-0.15, -0.1) is 0 Å². The van der Waals surface area contributed by atoms with Crippen molar-refractivity contribution in [2.75, 3.05) is 0 Å². The highest BCUT2D eigenvalue weighted by Gasteiger charge is 2.14. The number of carbonyl (C=O) groups excluding carboxylic acids is 1. The number of esters is 1. The van der Waals surface area contributed by atoms with Gasteiger partial charge in [0.15, 0.2) is 5.56 Å². The van der Waals surface area contributed by atoms with Crippen molar-refractivity contribution < 1.29 is 9.53 Å². The van der Waals surface area contributed by atoms with E-state index < -0.39 is 5.56 Å². The van der Waals surface area contributed by atoms with Crippen LogP contribution in [-0.4, -0.2) is 11.5 Å². The maximum Gasteiger partial charge on any atom is 0.307 e. The number of unbranched alkanes of at least 4 members (excludes halogenated alkanes) is 12. The molecule has 0 aromatic carbocycles. The maximum atomic E-state index is 11.6. The number of hydrogen-bond acceptors (Lipinski definition) is 2. The molecule has 0 bridgehead atoms. The Labute approximate surface area is 149 Å². The highest BCUT2D eigenvalue weighted by molar-refractivity contribution is 6.20. The molecule has 0 aliphatic heterocycles. The molecule has 3 heteroatoms. The second-order valence-electron chi connectivity index (χ2n) is 7.08. The molecule has 1 atom stereocenters. The second-order valence-corrected chi connectivity index (χ2v) is 7.51. The molecule has 0 saturated heterocycles. The summed E-state index contributed by atoms with van der Waals surface area (Å²) in [7, 11) is 0. The van der Waals surface area contributed by atoms with Gasteiger partial charge in [0, 0.05) is 12.3 Å². The minimum atomic E-state index is -0.482. The Morgan fingerprint density at radius 2 is 1.17 bits per heavy atom. The van der Waals surface area contributed by atoms with Crippen molar-refractivity contribution in [2.45, 2.75) is 116 Å². The zero-order valence-electron chi connectivity index (χ0n) is 15.7. The monoisotopic (exact) mass is 346 g/mol. The molecule has 0 heterocycles. The van der Waals surface area contributed by atoms with Gasteiger partial charge in [-0.1, -0.05) is 109 Å². The van der Waals surface area contributed by atoms with Gasteiger partial charge in [-0.3, -0.25) is 4.79 Å². The number of ether oxygens (including phenoxy) is 1. The van der Waals surface area contributed by atoms with Crippen molar-refractivity contribution >= 4 is 17.6 Å². The first kappa shape index (κ1) is 22.8. The first-order chi connectivity index (χ1) is 11.1.